The molecule has 0 saturated carbocycles. The van der Waals surface area contributed by atoms with E-state index >= 15 is 13.2 Å². The summed E-state index contributed by atoms with van der Waals surface area (Å²) >= 11 is 0. The highest BCUT2D eigenvalue weighted by molar-refractivity contribution is 6.29. The fraction of sp³-hybridized carbons (Fsp3) is 0.0192. The summed E-state index contributed by atoms with van der Waals surface area (Å²) in [5.41, 5.74) is 5.26. The van der Waals surface area contributed by atoms with Crippen LogP contribution < -0.4 is 0 Å². The molecule has 12 rings (SSSR count). The first kappa shape index (κ1) is 35.0. The van der Waals surface area contributed by atoms with Crippen molar-refractivity contribution >= 4 is 65.6 Å². The predicted molar refractivity (Wildman–Crippen MR) is 237 cm³/mol. The highest BCUT2D eigenvalue weighted by Gasteiger charge is 2.39. The molecule has 0 bridgehead atoms. The Labute approximate surface area is 345 Å². The van der Waals surface area contributed by atoms with Gasteiger partial charge in [-0.1, -0.05) is 133 Å². The molecule has 9 heteroatoms. The van der Waals surface area contributed by atoms with Crippen molar-refractivity contribution in [2.75, 3.05) is 0 Å². The molecule has 0 atom stereocenters. The van der Waals surface area contributed by atoms with Crippen LogP contribution in [0, 0.1) is 0 Å². The third kappa shape index (κ3) is 5.33. The van der Waals surface area contributed by atoms with Crippen LogP contribution >= 0.6 is 0 Å². The molecular formula is C52H30F3N5O. The van der Waals surface area contributed by atoms with Crippen molar-refractivity contribution in [1.29, 1.82) is 0 Å². The van der Waals surface area contributed by atoms with E-state index in [1.807, 2.05) is 146 Å². The van der Waals surface area contributed by atoms with Crippen LogP contribution in [-0.4, -0.2) is 24.1 Å². The number of benzene rings is 8. The van der Waals surface area contributed by atoms with E-state index in [9.17, 15) is 0 Å². The van der Waals surface area contributed by atoms with Crippen molar-refractivity contribution < 1.29 is 17.6 Å². The molecule has 0 aliphatic carbocycles. The Hall–Kier alpha value is -8.04. The minimum absolute atomic E-state index is 0.0726. The zero-order valence-corrected chi connectivity index (χ0v) is 32.1. The second-order valence-electron chi connectivity index (χ2n) is 15.1. The lowest BCUT2D eigenvalue weighted by atomic mass is 9.99. The van der Waals surface area contributed by atoms with Gasteiger partial charge in [0.05, 0.1) is 27.6 Å². The van der Waals surface area contributed by atoms with Crippen LogP contribution in [0.1, 0.15) is 5.56 Å². The number of halogens is 3. The van der Waals surface area contributed by atoms with E-state index in [0.29, 0.717) is 50.2 Å². The van der Waals surface area contributed by atoms with E-state index in [1.165, 1.54) is 6.07 Å². The lowest BCUT2D eigenvalue weighted by Gasteiger charge is -2.19. The summed E-state index contributed by atoms with van der Waals surface area (Å²) < 4.78 is 59.0. The van der Waals surface area contributed by atoms with Crippen LogP contribution in [0.4, 0.5) is 13.2 Å². The Morgan fingerprint density at radius 3 is 1.49 bits per heavy atom. The van der Waals surface area contributed by atoms with Gasteiger partial charge in [-0.3, -0.25) is 0 Å². The van der Waals surface area contributed by atoms with Crippen LogP contribution in [-0.2, 0) is 6.18 Å². The average molecular weight is 798 g/mol. The van der Waals surface area contributed by atoms with Gasteiger partial charge in [-0.25, -0.2) is 15.0 Å². The van der Waals surface area contributed by atoms with Gasteiger partial charge < -0.3 is 13.6 Å². The monoisotopic (exact) mass is 797 g/mol. The summed E-state index contributed by atoms with van der Waals surface area (Å²) in [6.45, 7) is 0. The third-order valence-corrected chi connectivity index (χ3v) is 11.6. The minimum Gasteiger partial charge on any atom is -0.454 e. The van der Waals surface area contributed by atoms with E-state index < -0.39 is 11.7 Å². The highest BCUT2D eigenvalue weighted by atomic mass is 19.4. The number of fused-ring (bicyclic) bond motifs is 10. The summed E-state index contributed by atoms with van der Waals surface area (Å²) in [7, 11) is 0. The molecule has 0 unspecified atom stereocenters. The molecular weight excluding hydrogens is 768 g/mol. The van der Waals surface area contributed by atoms with Crippen LogP contribution in [0.3, 0.4) is 0 Å². The summed E-state index contributed by atoms with van der Waals surface area (Å²) in [4.78, 5) is 14.6. The maximum atomic E-state index is 16.1. The molecule has 0 spiro atoms. The van der Waals surface area contributed by atoms with Crippen LogP contribution in [0.25, 0.3) is 111 Å². The van der Waals surface area contributed by atoms with Gasteiger partial charge in [-0.2, -0.15) is 13.2 Å². The highest BCUT2D eigenvalue weighted by Crippen LogP contribution is 2.49. The van der Waals surface area contributed by atoms with Gasteiger partial charge in [-0.05, 0) is 48.5 Å². The maximum Gasteiger partial charge on any atom is 0.418 e. The van der Waals surface area contributed by atoms with Gasteiger partial charge in [0.1, 0.15) is 11.3 Å². The minimum atomic E-state index is -4.83. The quantitative estimate of drug-likeness (QED) is 0.174. The number of aromatic nitrogens is 5. The molecule has 4 heterocycles. The van der Waals surface area contributed by atoms with Gasteiger partial charge in [0.25, 0.3) is 0 Å². The van der Waals surface area contributed by atoms with Crippen molar-refractivity contribution in [1.82, 2.24) is 24.1 Å². The van der Waals surface area contributed by atoms with Crippen LogP contribution in [0.2, 0.25) is 0 Å². The van der Waals surface area contributed by atoms with E-state index in [0.717, 1.165) is 38.3 Å². The average Bonchev–Trinajstić information content (AvgIpc) is 3.97. The second-order valence-corrected chi connectivity index (χ2v) is 15.1. The second kappa shape index (κ2) is 13.2. The first-order chi connectivity index (χ1) is 29.9. The fourth-order valence-electron chi connectivity index (χ4n) is 9.04. The number of nitrogens with zero attached hydrogens (tertiary/aromatic N) is 5. The molecule has 0 amide bonds. The number of alkyl halides is 3. The number of rotatable bonds is 5. The van der Waals surface area contributed by atoms with Gasteiger partial charge in [0, 0.05) is 54.7 Å². The zero-order chi connectivity index (χ0) is 40.8. The molecule has 8 aromatic carbocycles. The standard InChI is InChI=1S/C52H30F3N5O/c53-52(54,55)38-30-37(51-57-49(31-16-4-1-5-17-31)56-50(58-51)32-18-6-2-7-19-32)44-36-24-12-15-27-43(36)61-48(44)47(38)60-40-26-14-11-23-35(40)46-42(60)29-28-41-45(46)34-22-10-13-25-39(34)59(41)33-20-8-3-9-21-33/h1-30H. The lowest BCUT2D eigenvalue weighted by molar-refractivity contribution is -0.137. The zero-order valence-electron chi connectivity index (χ0n) is 32.1. The van der Waals surface area contributed by atoms with Crippen LogP contribution in [0.5, 0.6) is 0 Å². The molecule has 61 heavy (non-hydrogen) atoms. The Balaban J connectivity index is 1.23. The molecule has 0 saturated heterocycles. The molecule has 12 aromatic rings. The van der Waals surface area contributed by atoms with Crippen LogP contribution in [0.15, 0.2) is 186 Å². The first-order valence-corrected chi connectivity index (χ1v) is 19.9. The Bertz CT molecular complexity index is 3630. The van der Waals surface area contributed by atoms with Crippen molar-refractivity contribution in [3.8, 4) is 45.5 Å². The Kier molecular flexibility index (Phi) is 7.59. The van der Waals surface area contributed by atoms with Crippen molar-refractivity contribution in [2.24, 2.45) is 0 Å². The summed E-state index contributed by atoms with van der Waals surface area (Å²) in [6.07, 6.45) is -4.83. The Morgan fingerprint density at radius 2 is 0.902 bits per heavy atom. The molecule has 0 radical (unpaired) electrons. The number of para-hydroxylation sites is 4. The fourth-order valence-corrected chi connectivity index (χ4v) is 9.04. The molecule has 4 aromatic heterocycles. The smallest absolute Gasteiger partial charge is 0.418 e. The number of hydrogen-bond acceptors (Lipinski definition) is 4. The van der Waals surface area contributed by atoms with Crippen molar-refractivity contribution in [2.45, 2.75) is 6.18 Å². The molecule has 0 N–H and O–H groups in total. The van der Waals surface area contributed by atoms with Gasteiger partial charge in [-0.15, -0.1) is 0 Å². The largest absolute Gasteiger partial charge is 0.454 e. The number of furan rings is 1. The molecule has 0 fully saturated rings. The normalized spacial score (nSPS) is 12.2. The van der Waals surface area contributed by atoms with E-state index in [4.69, 9.17) is 19.4 Å². The molecule has 6 nitrogen and oxygen atoms in total. The van der Waals surface area contributed by atoms with E-state index in [-0.39, 0.29) is 22.7 Å². The topological polar surface area (TPSA) is 61.7 Å². The summed E-state index contributed by atoms with van der Waals surface area (Å²) in [6, 6.07) is 57.2. The van der Waals surface area contributed by atoms with Gasteiger partial charge >= 0.3 is 6.18 Å². The SMILES string of the molecule is FC(F)(F)c1cc(-c2nc(-c3ccccc3)nc(-c3ccccc3)n2)c2c(oc3ccccc32)c1-n1c2ccccc2c2c3c4ccccc4n(-c4ccccc4)c3ccc21. The maximum absolute atomic E-state index is 16.1. The van der Waals surface area contributed by atoms with Crippen molar-refractivity contribution in [3.63, 3.8) is 0 Å². The molecule has 0 aliphatic heterocycles. The molecule has 290 valence electrons. The van der Waals surface area contributed by atoms with E-state index in [1.54, 1.807) is 10.6 Å². The van der Waals surface area contributed by atoms with Crippen molar-refractivity contribution in [3.05, 3.63) is 188 Å². The number of hydrogen-bond donors (Lipinski definition) is 0. The summed E-state index contributed by atoms with van der Waals surface area (Å²) in [5, 5.41) is 4.71. The van der Waals surface area contributed by atoms with Gasteiger partial charge in [0.2, 0.25) is 0 Å². The van der Waals surface area contributed by atoms with E-state index in [2.05, 4.69) is 28.8 Å². The molecule has 0 aliphatic rings. The summed E-state index contributed by atoms with van der Waals surface area (Å²) in [5.74, 6) is 0.771. The lowest BCUT2D eigenvalue weighted by Crippen LogP contribution is -2.12. The third-order valence-electron chi connectivity index (χ3n) is 11.6. The Morgan fingerprint density at radius 1 is 0.426 bits per heavy atom. The van der Waals surface area contributed by atoms with Gasteiger partial charge in [0.15, 0.2) is 23.1 Å². The first-order valence-electron chi connectivity index (χ1n) is 19.9. The predicted octanol–water partition coefficient (Wildman–Crippen LogP) is 14.0.